The first kappa shape index (κ1) is 8.48. The lowest BCUT2D eigenvalue weighted by molar-refractivity contribution is 0.0767. The van der Waals surface area contributed by atoms with E-state index in [-0.39, 0.29) is 6.10 Å². The molecule has 70 valence electrons. The molecule has 1 N–H and O–H groups in total. The maximum Gasteiger partial charge on any atom is 0.0703 e. The molecule has 0 amide bonds. The summed E-state index contributed by atoms with van der Waals surface area (Å²) >= 11 is 0. The van der Waals surface area contributed by atoms with Crippen LogP contribution in [0, 0.1) is 0 Å². The summed E-state index contributed by atoms with van der Waals surface area (Å²) in [4.78, 5) is 2.36. The molecule has 2 aliphatic heterocycles. The summed E-state index contributed by atoms with van der Waals surface area (Å²) in [5.74, 6) is 0. The van der Waals surface area contributed by atoms with Gasteiger partial charge in [0.2, 0.25) is 0 Å². The van der Waals surface area contributed by atoms with Crippen molar-refractivity contribution in [2.75, 3.05) is 19.7 Å². The van der Waals surface area contributed by atoms with Crippen LogP contribution in [0.2, 0.25) is 0 Å². The molecule has 0 aromatic heterocycles. The number of ether oxygens (including phenoxy) is 1. The molecule has 0 saturated carbocycles. The summed E-state index contributed by atoms with van der Waals surface area (Å²) in [5.41, 5.74) is 0. The fraction of sp³-hybridized carbons (Fsp3) is 1.00. The average molecular weight is 171 g/mol. The Kier molecular flexibility index (Phi) is 2.35. The van der Waals surface area contributed by atoms with Crippen LogP contribution in [0.3, 0.4) is 0 Å². The molecular formula is C9H17NO2. The van der Waals surface area contributed by atoms with Crippen molar-refractivity contribution in [2.24, 2.45) is 0 Å². The number of hydrogen-bond donors (Lipinski definition) is 1. The minimum absolute atomic E-state index is 0.0993. The maximum absolute atomic E-state index is 9.36. The van der Waals surface area contributed by atoms with E-state index in [1.54, 1.807) is 0 Å². The molecule has 2 unspecified atom stereocenters. The summed E-state index contributed by atoms with van der Waals surface area (Å²) in [6.07, 6.45) is 2.32. The molecule has 2 aliphatic rings. The highest BCUT2D eigenvalue weighted by molar-refractivity contribution is 4.87. The number of aliphatic hydroxyl groups is 1. The first-order valence-corrected chi connectivity index (χ1v) is 4.81. The number of hydrogen-bond acceptors (Lipinski definition) is 3. The van der Waals surface area contributed by atoms with Crippen LogP contribution in [0.1, 0.15) is 19.8 Å². The number of likely N-dealkylation sites (tertiary alicyclic amines) is 1. The van der Waals surface area contributed by atoms with Crippen molar-refractivity contribution < 1.29 is 9.84 Å². The fourth-order valence-electron chi connectivity index (χ4n) is 2.27. The first-order chi connectivity index (χ1) is 5.77. The Morgan fingerprint density at radius 2 is 2.25 bits per heavy atom. The zero-order valence-electron chi connectivity index (χ0n) is 7.57. The third-order valence-electron chi connectivity index (χ3n) is 3.00. The van der Waals surface area contributed by atoms with Crippen molar-refractivity contribution in [3.63, 3.8) is 0 Å². The third-order valence-corrected chi connectivity index (χ3v) is 3.00. The van der Waals surface area contributed by atoms with Gasteiger partial charge in [-0.2, -0.15) is 0 Å². The van der Waals surface area contributed by atoms with Crippen LogP contribution >= 0.6 is 0 Å². The Morgan fingerprint density at radius 1 is 1.42 bits per heavy atom. The van der Waals surface area contributed by atoms with Crippen molar-refractivity contribution in [1.29, 1.82) is 0 Å². The van der Waals surface area contributed by atoms with Gasteiger partial charge in [-0.3, -0.25) is 4.90 Å². The normalized spacial score (nSPS) is 44.0. The predicted octanol–water partition coefficient (Wildman–Crippen LogP) is 0.230. The smallest absolute Gasteiger partial charge is 0.0703 e. The van der Waals surface area contributed by atoms with E-state index in [9.17, 15) is 5.11 Å². The van der Waals surface area contributed by atoms with Crippen LogP contribution in [0.25, 0.3) is 0 Å². The molecule has 0 radical (unpaired) electrons. The highest BCUT2D eigenvalue weighted by atomic mass is 16.5. The van der Waals surface area contributed by atoms with Crippen LogP contribution in [0.5, 0.6) is 0 Å². The van der Waals surface area contributed by atoms with Crippen molar-refractivity contribution in [3.8, 4) is 0 Å². The molecule has 0 aromatic rings. The quantitative estimate of drug-likeness (QED) is 0.613. The Balaban J connectivity index is 1.91. The van der Waals surface area contributed by atoms with E-state index in [4.69, 9.17) is 4.74 Å². The van der Waals surface area contributed by atoms with E-state index in [1.807, 2.05) is 0 Å². The largest absolute Gasteiger partial charge is 0.392 e. The molecule has 3 nitrogen and oxygen atoms in total. The monoisotopic (exact) mass is 171 g/mol. The zero-order chi connectivity index (χ0) is 8.55. The number of aliphatic hydroxyl groups excluding tert-OH is 1. The van der Waals surface area contributed by atoms with Gasteiger partial charge in [0.25, 0.3) is 0 Å². The Bertz CT molecular complexity index is 163. The molecule has 3 heteroatoms. The SMILES string of the molecule is CC1OCCC1N1CC[C@H](O)C1. The highest BCUT2D eigenvalue weighted by Crippen LogP contribution is 2.23. The van der Waals surface area contributed by atoms with Crippen LogP contribution in [-0.2, 0) is 4.74 Å². The first-order valence-electron chi connectivity index (χ1n) is 4.81. The second-order valence-electron chi connectivity index (χ2n) is 3.87. The average Bonchev–Trinajstić information content (AvgIpc) is 2.58. The second-order valence-corrected chi connectivity index (χ2v) is 3.87. The van der Waals surface area contributed by atoms with Gasteiger partial charge >= 0.3 is 0 Å². The summed E-state index contributed by atoms with van der Waals surface area (Å²) in [5, 5.41) is 9.36. The van der Waals surface area contributed by atoms with Crippen LogP contribution < -0.4 is 0 Å². The van der Waals surface area contributed by atoms with E-state index < -0.39 is 0 Å². The van der Waals surface area contributed by atoms with Crippen molar-refractivity contribution in [3.05, 3.63) is 0 Å². The van der Waals surface area contributed by atoms with Gasteiger partial charge in [-0.25, -0.2) is 0 Å². The lowest BCUT2D eigenvalue weighted by Gasteiger charge is -2.25. The number of rotatable bonds is 1. The van der Waals surface area contributed by atoms with Gasteiger partial charge in [0.05, 0.1) is 12.2 Å². The lowest BCUT2D eigenvalue weighted by Crippen LogP contribution is -2.38. The van der Waals surface area contributed by atoms with E-state index >= 15 is 0 Å². The van der Waals surface area contributed by atoms with Crippen LogP contribution in [0.15, 0.2) is 0 Å². The number of β-amino-alcohol motifs (C(OH)–C–C–N with tert-alkyl or cyclic N) is 1. The van der Waals surface area contributed by atoms with Gasteiger partial charge in [-0.1, -0.05) is 0 Å². The minimum atomic E-state index is -0.0993. The van der Waals surface area contributed by atoms with Crippen LogP contribution in [-0.4, -0.2) is 48.0 Å². The zero-order valence-corrected chi connectivity index (χ0v) is 7.57. The van der Waals surface area contributed by atoms with Gasteiger partial charge < -0.3 is 9.84 Å². The molecule has 2 heterocycles. The van der Waals surface area contributed by atoms with Gasteiger partial charge in [-0.15, -0.1) is 0 Å². The molecule has 12 heavy (non-hydrogen) atoms. The molecular weight excluding hydrogens is 154 g/mol. The molecule has 0 bridgehead atoms. The minimum Gasteiger partial charge on any atom is -0.392 e. The topological polar surface area (TPSA) is 32.7 Å². The molecule has 2 saturated heterocycles. The summed E-state index contributed by atoms with van der Waals surface area (Å²) in [6, 6.07) is 0.558. The lowest BCUT2D eigenvalue weighted by atomic mass is 10.1. The molecule has 0 spiro atoms. The molecule has 0 aromatic carbocycles. The van der Waals surface area contributed by atoms with E-state index in [0.717, 1.165) is 32.5 Å². The standard InChI is InChI=1S/C9H17NO2/c1-7-9(3-5-12-7)10-4-2-8(11)6-10/h7-9,11H,2-6H2,1H3/t7?,8-,9?/m0/s1. The third kappa shape index (κ3) is 1.49. The Labute approximate surface area is 73.3 Å². The van der Waals surface area contributed by atoms with Gasteiger partial charge in [0, 0.05) is 25.7 Å². The van der Waals surface area contributed by atoms with Crippen molar-refractivity contribution in [2.45, 2.75) is 38.0 Å². The van der Waals surface area contributed by atoms with E-state index in [0.29, 0.717) is 12.1 Å². The molecule has 0 aliphatic carbocycles. The van der Waals surface area contributed by atoms with Crippen molar-refractivity contribution >= 4 is 0 Å². The highest BCUT2D eigenvalue weighted by Gasteiger charge is 2.33. The van der Waals surface area contributed by atoms with Crippen molar-refractivity contribution in [1.82, 2.24) is 4.90 Å². The Morgan fingerprint density at radius 3 is 2.75 bits per heavy atom. The van der Waals surface area contributed by atoms with Gasteiger partial charge in [-0.05, 0) is 19.8 Å². The molecule has 2 rings (SSSR count). The van der Waals surface area contributed by atoms with Gasteiger partial charge in [0.15, 0.2) is 0 Å². The second kappa shape index (κ2) is 3.32. The predicted molar refractivity (Wildman–Crippen MR) is 46.0 cm³/mol. The van der Waals surface area contributed by atoms with E-state index in [1.165, 1.54) is 0 Å². The summed E-state index contributed by atoms with van der Waals surface area (Å²) < 4.78 is 5.49. The number of nitrogens with zero attached hydrogens (tertiary/aromatic N) is 1. The fourth-order valence-corrected chi connectivity index (χ4v) is 2.27. The van der Waals surface area contributed by atoms with E-state index in [2.05, 4.69) is 11.8 Å². The maximum atomic E-state index is 9.36. The Hall–Kier alpha value is -0.120. The van der Waals surface area contributed by atoms with Crippen LogP contribution in [0.4, 0.5) is 0 Å². The van der Waals surface area contributed by atoms with Gasteiger partial charge in [0.1, 0.15) is 0 Å². The molecule has 2 fully saturated rings. The summed E-state index contributed by atoms with van der Waals surface area (Å²) in [7, 11) is 0. The summed E-state index contributed by atoms with van der Waals surface area (Å²) in [6.45, 7) is 4.90. The molecule has 3 atom stereocenters.